The highest BCUT2D eigenvalue weighted by atomic mass is 35.5. The second-order valence-electron chi connectivity index (χ2n) is 5.76. The molecule has 0 fully saturated rings. The van der Waals surface area contributed by atoms with Crippen molar-refractivity contribution >= 4 is 39.3 Å². The Labute approximate surface area is 157 Å². The highest BCUT2D eigenvalue weighted by Crippen LogP contribution is 2.22. The lowest BCUT2D eigenvalue weighted by Crippen LogP contribution is -2.23. The lowest BCUT2D eigenvalue weighted by Gasteiger charge is -2.14. The summed E-state index contributed by atoms with van der Waals surface area (Å²) in [7, 11) is -0.734. The van der Waals surface area contributed by atoms with E-state index in [0.717, 1.165) is 4.31 Å². The molecule has 8 heteroatoms. The average molecular weight is 397 g/mol. The third-order valence-electron chi connectivity index (χ3n) is 3.59. The topological polar surface area (TPSA) is 66.5 Å². The number of halogens is 2. The van der Waals surface area contributed by atoms with Crippen molar-refractivity contribution in [1.29, 1.82) is 0 Å². The minimum atomic E-state index is -3.62. The molecule has 0 saturated carbocycles. The zero-order chi connectivity index (χ0) is 19.5. The Morgan fingerprint density at radius 3 is 2.50 bits per heavy atom. The molecule has 1 N–H and O–H groups in total. The van der Waals surface area contributed by atoms with Gasteiger partial charge in [-0.2, -0.15) is 0 Å². The van der Waals surface area contributed by atoms with E-state index < -0.39 is 21.7 Å². The highest BCUT2D eigenvalue weighted by molar-refractivity contribution is 7.89. The number of amides is 1. The SMILES string of the molecule is Cc1ccc(NC(=O)C=Cc2ccc(F)c(Cl)c2)cc1S(=O)(=O)N(C)C. The molecule has 2 aromatic carbocycles. The number of sulfonamides is 1. The first-order valence-corrected chi connectivity index (χ1v) is 9.40. The fourth-order valence-electron chi connectivity index (χ4n) is 2.12. The number of carbonyl (C=O) groups excluding carboxylic acids is 1. The zero-order valence-electron chi connectivity index (χ0n) is 14.5. The van der Waals surface area contributed by atoms with Crippen molar-refractivity contribution in [3.8, 4) is 0 Å². The lowest BCUT2D eigenvalue weighted by molar-refractivity contribution is -0.111. The number of rotatable bonds is 5. The van der Waals surface area contributed by atoms with E-state index in [2.05, 4.69) is 5.32 Å². The highest BCUT2D eigenvalue weighted by Gasteiger charge is 2.20. The summed E-state index contributed by atoms with van der Waals surface area (Å²) in [4.78, 5) is 12.2. The number of nitrogens with one attached hydrogen (secondary N) is 1. The van der Waals surface area contributed by atoms with Crippen LogP contribution in [0.25, 0.3) is 6.08 Å². The van der Waals surface area contributed by atoms with Gasteiger partial charge in [-0.1, -0.05) is 23.7 Å². The van der Waals surface area contributed by atoms with Gasteiger partial charge in [0.15, 0.2) is 0 Å². The molecule has 0 aliphatic heterocycles. The molecule has 26 heavy (non-hydrogen) atoms. The molecule has 0 atom stereocenters. The van der Waals surface area contributed by atoms with Gasteiger partial charge in [-0.3, -0.25) is 4.79 Å². The molecule has 0 unspecified atom stereocenters. The zero-order valence-corrected chi connectivity index (χ0v) is 16.0. The van der Waals surface area contributed by atoms with Crippen LogP contribution in [-0.2, 0) is 14.8 Å². The summed E-state index contributed by atoms with van der Waals surface area (Å²) in [6.45, 7) is 1.68. The number of nitrogens with zero attached hydrogens (tertiary/aromatic N) is 1. The van der Waals surface area contributed by atoms with E-state index in [9.17, 15) is 17.6 Å². The average Bonchev–Trinajstić information content (AvgIpc) is 2.57. The molecule has 2 rings (SSSR count). The third-order valence-corrected chi connectivity index (χ3v) is 5.83. The quantitative estimate of drug-likeness (QED) is 0.784. The van der Waals surface area contributed by atoms with Crippen LogP contribution in [-0.4, -0.2) is 32.7 Å². The van der Waals surface area contributed by atoms with Crippen molar-refractivity contribution in [2.45, 2.75) is 11.8 Å². The summed E-state index contributed by atoms with van der Waals surface area (Å²) >= 11 is 5.69. The Morgan fingerprint density at radius 1 is 1.19 bits per heavy atom. The Morgan fingerprint density at radius 2 is 1.88 bits per heavy atom. The standard InChI is InChI=1S/C18H18ClFN2O3S/c1-12-4-7-14(11-17(12)26(24,25)22(2)3)21-18(23)9-6-13-5-8-16(20)15(19)10-13/h4-11H,1-3H3,(H,21,23). The molecule has 1 amide bonds. The van der Waals surface area contributed by atoms with Gasteiger partial charge in [0, 0.05) is 25.9 Å². The van der Waals surface area contributed by atoms with Gasteiger partial charge in [0.2, 0.25) is 15.9 Å². The van der Waals surface area contributed by atoms with E-state index in [-0.39, 0.29) is 9.92 Å². The van der Waals surface area contributed by atoms with Crippen LogP contribution in [0, 0.1) is 12.7 Å². The Bertz CT molecular complexity index is 972. The van der Waals surface area contributed by atoms with Gasteiger partial charge >= 0.3 is 0 Å². The minimum Gasteiger partial charge on any atom is -0.322 e. The number of hydrogen-bond donors (Lipinski definition) is 1. The molecule has 0 radical (unpaired) electrons. The van der Waals surface area contributed by atoms with Gasteiger partial charge in [0.05, 0.1) is 9.92 Å². The van der Waals surface area contributed by atoms with Gasteiger partial charge < -0.3 is 5.32 Å². The van der Waals surface area contributed by atoms with Crippen molar-refractivity contribution in [2.24, 2.45) is 0 Å². The molecule has 2 aromatic rings. The molecule has 138 valence electrons. The predicted molar refractivity (Wildman–Crippen MR) is 101 cm³/mol. The van der Waals surface area contributed by atoms with Crippen LogP contribution >= 0.6 is 11.6 Å². The van der Waals surface area contributed by atoms with Gasteiger partial charge in [-0.25, -0.2) is 17.1 Å². The van der Waals surface area contributed by atoms with Crippen molar-refractivity contribution in [3.05, 3.63) is 64.4 Å². The fourth-order valence-corrected chi connectivity index (χ4v) is 3.46. The van der Waals surface area contributed by atoms with Crippen molar-refractivity contribution in [2.75, 3.05) is 19.4 Å². The van der Waals surface area contributed by atoms with Crippen LogP contribution in [0.15, 0.2) is 47.4 Å². The van der Waals surface area contributed by atoms with Gasteiger partial charge in [-0.05, 0) is 48.4 Å². The summed E-state index contributed by atoms with van der Waals surface area (Å²) in [6, 6.07) is 8.73. The number of carbonyl (C=O) groups is 1. The first-order chi connectivity index (χ1) is 12.1. The molecule has 0 aliphatic rings. The van der Waals surface area contributed by atoms with E-state index >= 15 is 0 Å². The number of anilines is 1. The summed E-state index contributed by atoms with van der Waals surface area (Å²) in [5, 5.41) is 2.56. The van der Waals surface area contributed by atoms with E-state index in [1.54, 1.807) is 19.1 Å². The summed E-state index contributed by atoms with van der Waals surface area (Å²) in [5.74, 6) is -0.995. The Balaban J connectivity index is 2.19. The van der Waals surface area contributed by atoms with Crippen LogP contribution in [0.3, 0.4) is 0 Å². The largest absolute Gasteiger partial charge is 0.322 e. The Hall–Kier alpha value is -2.22. The van der Waals surface area contributed by atoms with Crippen molar-refractivity contribution in [1.82, 2.24) is 4.31 Å². The molecular weight excluding hydrogens is 379 g/mol. The van der Waals surface area contributed by atoms with Crippen LogP contribution in [0.1, 0.15) is 11.1 Å². The van der Waals surface area contributed by atoms with Gasteiger partial charge in [-0.15, -0.1) is 0 Å². The Kier molecular flexibility index (Phi) is 6.17. The molecule has 0 aromatic heterocycles. The maximum atomic E-state index is 13.1. The predicted octanol–water partition coefficient (Wildman–Crippen LogP) is 3.69. The normalized spacial score (nSPS) is 11.9. The molecule has 0 spiro atoms. The van der Waals surface area contributed by atoms with Crippen molar-refractivity contribution in [3.63, 3.8) is 0 Å². The number of aryl methyl sites for hydroxylation is 1. The van der Waals surface area contributed by atoms with Crippen LogP contribution in [0.2, 0.25) is 5.02 Å². The summed E-state index contributed by atoms with van der Waals surface area (Å²) in [5.41, 5.74) is 1.49. The van der Waals surface area contributed by atoms with Crippen LogP contribution in [0.4, 0.5) is 10.1 Å². The fraction of sp³-hybridized carbons (Fsp3) is 0.167. The van der Waals surface area contributed by atoms with E-state index in [1.807, 2.05) is 0 Å². The van der Waals surface area contributed by atoms with Gasteiger partial charge in [0.25, 0.3) is 0 Å². The van der Waals surface area contributed by atoms with Crippen LogP contribution < -0.4 is 5.32 Å². The molecule has 0 saturated heterocycles. The third kappa shape index (κ3) is 4.69. The van der Waals surface area contributed by atoms with E-state index in [0.29, 0.717) is 16.8 Å². The molecule has 0 aliphatic carbocycles. The van der Waals surface area contributed by atoms with Crippen molar-refractivity contribution < 1.29 is 17.6 Å². The van der Waals surface area contributed by atoms with Crippen LogP contribution in [0.5, 0.6) is 0 Å². The second-order valence-corrected chi connectivity index (χ2v) is 8.29. The first-order valence-electron chi connectivity index (χ1n) is 7.58. The van der Waals surface area contributed by atoms with E-state index in [1.165, 1.54) is 50.5 Å². The second kappa shape index (κ2) is 7.99. The summed E-state index contributed by atoms with van der Waals surface area (Å²) in [6.07, 6.45) is 2.73. The number of benzene rings is 2. The number of hydrogen-bond acceptors (Lipinski definition) is 3. The molecule has 0 heterocycles. The molecule has 0 bridgehead atoms. The van der Waals surface area contributed by atoms with Gasteiger partial charge in [0.1, 0.15) is 5.82 Å². The molecular formula is C18H18ClFN2O3S. The maximum Gasteiger partial charge on any atom is 0.248 e. The summed E-state index contributed by atoms with van der Waals surface area (Å²) < 4.78 is 38.9. The molecule has 5 nitrogen and oxygen atoms in total. The first kappa shape index (κ1) is 20.1. The van der Waals surface area contributed by atoms with E-state index in [4.69, 9.17) is 11.6 Å². The smallest absolute Gasteiger partial charge is 0.248 e. The lowest BCUT2D eigenvalue weighted by atomic mass is 10.2. The maximum absolute atomic E-state index is 13.1. The minimum absolute atomic E-state index is 0.0374. The monoisotopic (exact) mass is 396 g/mol.